The van der Waals surface area contributed by atoms with E-state index in [1.165, 1.54) is 0 Å². The normalized spacial score (nSPS) is 15.4. The van der Waals surface area contributed by atoms with Crippen LogP contribution in [0.4, 0.5) is 5.69 Å². The zero-order valence-electron chi connectivity index (χ0n) is 12.8. The molecule has 0 fully saturated rings. The molecule has 142 valence electrons. The summed E-state index contributed by atoms with van der Waals surface area (Å²) in [6.45, 7) is -0.720. The molecular weight excluding hydrogens is 412 g/mol. The van der Waals surface area contributed by atoms with Gasteiger partial charge in [-0.05, 0) is 12.1 Å². The molecule has 2 amide bonds. The standard InChI is InChI=1S/C12H13ClN4O7S2/c13-6-3-7(10(26(15,23)24)5-9(6)25(14,21)22)16-8-4-11(19)17(1-2-18)12(8)20/h3-5,16,18H,1-2H2,(H2,14,21,22)(H2,15,23,24). The Hall–Kier alpha value is -2.03. The fraction of sp³-hybridized carbons (Fsp3) is 0.167. The lowest BCUT2D eigenvalue weighted by Crippen LogP contribution is -2.34. The van der Waals surface area contributed by atoms with Crippen LogP contribution in [0.5, 0.6) is 0 Å². The highest BCUT2D eigenvalue weighted by Crippen LogP contribution is 2.32. The van der Waals surface area contributed by atoms with E-state index in [2.05, 4.69) is 5.32 Å². The van der Waals surface area contributed by atoms with Crippen molar-refractivity contribution in [3.8, 4) is 0 Å². The Balaban J connectivity index is 2.54. The van der Waals surface area contributed by atoms with Crippen molar-refractivity contribution in [2.24, 2.45) is 10.3 Å². The summed E-state index contributed by atoms with van der Waals surface area (Å²) < 4.78 is 46.5. The molecule has 0 atom stereocenters. The van der Waals surface area contributed by atoms with E-state index in [-0.39, 0.29) is 17.9 Å². The molecule has 0 aliphatic carbocycles. The molecular formula is C12H13ClN4O7S2. The van der Waals surface area contributed by atoms with Gasteiger partial charge in [0.1, 0.15) is 15.5 Å². The van der Waals surface area contributed by atoms with E-state index in [0.717, 1.165) is 17.0 Å². The van der Waals surface area contributed by atoms with Crippen LogP contribution in [0.15, 0.2) is 33.7 Å². The van der Waals surface area contributed by atoms with Gasteiger partial charge < -0.3 is 10.4 Å². The van der Waals surface area contributed by atoms with Gasteiger partial charge in [-0.3, -0.25) is 14.5 Å². The summed E-state index contributed by atoms with van der Waals surface area (Å²) >= 11 is 5.82. The second kappa shape index (κ2) is 6.94. The van der Waals surface area contributed by atoms with Gasteiger partial charge in [-0.15, -0.1) is 0 Å². The van der Waals surface area contributed by atoms with E-state index >= 15 is 0 Å². The van der Waals surface area contributed by atoms with Crippen LogP contribution in [-0.2, 0) is 29.6 Å². The Labute approximate surface area is 153 Å². The van der Waals surface area contributed by atoms with Gasteiger partial charge in [0.2, 0.25) is 20.0 Å². The lowest BCUT2D eigenvalue weighted by molar-refractivity contribution is -0.137. The van der Waals surface area contributed by atoms with Crippen molar-refractivity contribution in [3.05, 3.63) is 28.9 Å². The van der Waals surface area contributed by atoms with E-state index < -0.39 is 53.3 Å². The van der Waals surface area contributed by atoms with Gasteiger partial charge in [-0.1, -0.05) is 11.6 Å². The van der Waals surface area contributed by atoms with Gasteiger partial charge in [0.05, 0.1) is 23.9 Å². The molecule has 14 heteroatoms. The minimum atomic E-state index is -4.45. The number of anilines is 1. The first-order valence-electron chi connectivity index (χ1n) is 6.71. The van der Waals surface area contributed by atoms with Gasteiger partial charge in [-0.2, -0.15) is 0 Å². The van der Waals surface area contributed by atoms with Crippen molar-refractivity contribution in [1.82, 2.24) is 4.90 Å². The van der Waals surface area contributed by atoms with Crippen molar-refractivity contribution in [3.63, 3.8) is 0 Å². The Morgan fingerprint density at radius 2 is 1.65 bits per heavy atom. The molecule has 1 aromatic rings. The average molecular weight is 425 g/mol. The average Bonchev–Trinajstić information content (AvgIpc) is 2.72. The highest BCUT2D eigenvalue weighted by molar-refractivity contribution is 7.90. The molecule has 1 aliphatic heterocycles. The van der Waals surface area contributed by atoms with E-state index in [4.69, 9.17) is 27.0 Å². The second-order valence-electron chi connectivity index (χ2n) is 5.07. The maximum atomic E-state index is 12.1. The maximum absolute atomic E-state index is 12.1. The third-order valence-electron chi connectivity index (χ3n) is 3.25. The first-order valence-corrected chi connectivity index (χ1v) is 10.2. The molecule has 1 aliphatic rings. The predicted octanol–water partition coefficient (Wildman–Crippen LogP) is -1.71. The number of hydrogen-bond donors (Lipinski definition) is 4. The Morgan fingerprint density at radius 1 is 1.08 bits per heavy atom. The van der Waals surface area contributed by atoms with Crippen LogP contribution in [0, 0.1) is 0 Å². The van der Waals surface area contributed by atoms with Crippen molar-refractivity contribution in [2.75, 3.05) is 18.5 Å². The van der Waals surface area contributed by atoms with Crippen LogP contribution < -0.4 is 15.6 Å². The van der Waals surface area contributed by atoms with Gasteiger partial charge in [-0.25, -0.2) is 27.1 Å². The molecule has 0 bridgehead atoms. The highest BCUT2D eigenvalue weighted by Gasteiger charge is 2.32. The van der Waals surface area contributed by atoms with Crippen LogP contribution in [0.25, 0.3) is 0 Å². The highest BCUT2D eigenvalue weighted by atomic mass is 35.5. The third kappa shape index (κ3) is 4.03. The summed E-state index contributed by atoms with van der Waals surface area (Å²) in [5.74, 6) is -1.55. The molecule has 11 nitrogen and oxygen atoms in total. The number of nitrogens with zero attached hydrogens (tertiary/aromatic N) is 1. The summed E-state index contributed by atoms with van der Waals surface area (Å²) in [5, 5.41) is 20.9. The largest absolute Gasteiger partial charge is 0.395 e. The number of benzene rings is 1. The smallest absolute Gasteiger partial charge is 0.277 e. The van der Waals surface area contributed by atoms with Gasteiger partial charge >= 0.3 is 0 Å². The topological polar surface area (TPSA) is 190 Å². The van der Waals surface area contributed by atoms with Crippen LogP contribution in [-0.4, -0.2) is 51.8 Å². The number of aliphatic hydroxyl groups excluding tert-OH is 1. The molecule has 0 saturated heterocycles. The number of β-amino-alcohol motifs (C(OH)–C–C–N with tert-alkyl or cyclic N) is 1. The monoisotopic (exact) mass is 424 g/mol. The number of nitrogens with one attached hydrogen (secondary N) is 1. The summed E-state index contributed by atoms with van der Waals surface area (Å²) in [6, 6.07) is 1.54. The van der Waals surface area contributed by atoms with E-state index in [0.29, 0.717) is 6.07 Å². The van der Waals surface area contributed by atoms with E-state index in [1.54, 1.807) is 0 Å². The summed E-state index contributed by atoms with van der Waals surface area (Å²) in [5.41, 5.74) is -0.643. The number of amides is 2. The van der Waals surface area contributed by atoms with E-state index in [9.17, 15) is 26.4 Å². The number of carbonyl (C=O) groups excluding carboxylic acids is 2. The summed E-state index contributed by atoms with van der Waals surface area (Å²) in [6.07, 6.45) is 0.881. The van der Waals surface area contributed by atoms with Crippen molar-refractivity contribution < 1.29 is 31.5 Å². The fourth-order valence-electron chi connectivity index (χ4n) is 2.14. The van der Waals surface area contributed by atoms with Crippen molar-refractivity contribution in [1.29, 1.82) is 0 Å². The minimum absolute atomic E-state index is 0.257. The van der Waals surface area contributed by atoms with Gasteiger partial charge in [0.25, 0.3) is 11.8 Å². The van der Waals surface area contributed by atoms with Crippen LogP contribution in [0.1, 0.15) is 0 Å². The molecule has 0 unspecified atom stereocenters. The molecule has 1 aromatic carbocycles. The van der Waals surface area contributed by atoms with Gasteiger partial charge in [0, 0.05) is 6.08 Å². The SMILES string of the molecule is NS(=O)(=O)c1cc(S(N)(=O)=O)c(NC2=CC(=O)N(CCO)C2=O)cc1Cl. The molecule has 0 aromatic heterocycles. The minimum Gasteiger partial charge on any atom is -0.395 e. The molecule has 1 heterocycles. The molecule has 0 saturated carbocycles. The number of rotatable bonds is 6. The summed E-state index contributed by atoms with van der Waals surface area (Å²) in [7, 11) is -8.79. The van der Waals surface area contributed by atoms with Gasteiger partial charge in [0.15, 0.2) is 0 Å². The Kier molecular flexibility index (Phi) is 5.41. The lowest BCUT2D eigenvalue weighted by atomic mass is 10.3. The molecule has 0 radical (unpaired) electrons. The number of nitrogens with two attached hydrogens (primary N) is 2. The van der Waals surface area contributed by atoms with Crippen molar-refractivity contribution in [2.45, 2.75) is 9.79 Å². The quantitative estimate of drug-likeness (QED) is 0.388. The molecule has 6 N–H and O–H groups in total. The number of carbonyl (C=O) groups is 2. The fourth-order valence-corrected chi connectivity index (χ4v) is 4.01. The lowest BCUT2D eigenvalue weighted by Gasteiger charge is -2.15. The summed E-state index contributed by atoms with van der Waals surface area (Å²) in [4.78, 5) is 23.2. The molecule has 26 heavy (non-hydrogen) atoms. The van der Waals surface area contributed by atoms with Crippen molar-refractivity contribution >= 4 is 49.1 Å². The number of hydrogen-bond acceptors (Lipinski definition) is 8. The van der Waals surface area contributed by atoms with E-state index in [1.807, 2.05) is 0 Å². The Bertz CT molecular complexity index is 1030. The van der Waals surface area contributed by atoms with Crippen LogP contribution >= 0.6 is 11.6 Å². The zero-order valence-corrected chi connectivity index (χ0v) is 15.2. The zero-order chi connectivity index (χ0) is 19.9. The van der Waals surface area contributed by atoms with Crippen LogP contribution in [0.3, 0.4) is 0 Å². The number of imide groups is 1. The number of primary sulfonamides is 2. The molecule has 0 spiro atoms. The molecule has 2 rings (SSSR count). The predicted molar refractivity (Wildman–Crippen MR) is 89.7 cm³/mol. The maximum Gasteiger partial charge on any atom is 0.277 e. The first kappa shape index (κ1) is 20.3. The van der Waals surface area contributed by atoms with Crippen LogP contribution in [0.2, 0.25) is 5.02 Å². The first-order chi connectivity index (χ1) is 11.9. The third-order valence-corrected chi connectivity index (χ3v) is 5.58. The number of aliphatic hydroxyl groups is 1. The second-order valence-corrected chi connectivity index (χ2v) is 8.54. The number of halogens is 1. The Morgan fingerprint density at radius 3 is 2.15 bits per heavy atom. The number of sulfonamides is 2.